The quantitative estimate of drug-likeness (QED) is 0.150. The van der Waals surface area contributed by atoms with Crippen molar-refractivity contribution >= 4 is 77.0 Å². The third-order valence-electron chi connectivity index (χ3n) is 13.9. The number of hydrogen-bond donors (Lipinski definition) is 0. The molecule has 14 aromatic heterocycles. The molecule has 0 saturated heterocycles. The molecule has 467 valence electrons. The zero-order valence-electron chi connectivity index (χ0n) is 55.1. The summed E-state index contributed by atoms with van der Waals surface area (Å²) in [6.45, 7) is 23.6. The molecule has 0 aliphatic carbocycles. The van der Waals surface area contributed by atoms with E-state index in [-0.39, 0.29) is 232 Å². The standard InChI is InChI=1S/C9H10N3O.C9H10N3.C9H9N3.C8H10N4.2C8H9N4.C8H7N3.3W.5Y/c1-6-4-10-5-7-8(6)12(3)9(13)11(7)2;1-6-5-12(3)9-7(2)11-10-4-8(6)9;1-6-4-10-11-8-7(2)5-12(3)9(6)8;1-5-8-6(2)11-12(3)7(8)4-9-10-5;1-5-4-9-10-7-6(2)11-12(3)8(5)7;1-5-4-9-10-8-7(5)6(2)11-12(8)3;1-6-4-11(2)8-7(6)3-9-5-10-8;;;;;;;;/h5H,1-3H3;4H,1-3H3;1-3H3;4H,1-3H3;2*1-3H3;3H,1-2H3;;;;;;;;/q2*-1;-2;;2*-1;-2;;;;;;;;. The normalized spacial score (nSPS) is 9.96. The van der Waals surface area contributed by atoms with Crippen LogP contribution in [0.2, 0.25) is 0 Å². The Morgan fingerprint density at radius 1 is 0.370 bits per heavy atom. The minimum absolute atomic E-state index is 0. The van der Waals surface area contributed by atoms with Gasteiger partial charge in [0, 0.05) is 279 Å². The van der Waals surface area contributed by atoms with E-state index >= 15 is 0 Å². The maximum absolute atomic E-state index is 11.5. The monoisotopic (exact) mass is 2120 g/mol. The molecule has 0 aliphatic rings. The molecular weight excluding hydrogens is 2060 g/mol. The number of imidazole rings is 1. The van der Waals surface area contributed by atoms with Gasteiger partial charge in [-0.05, 0) is 84.3 Å². The SMILES string of the molecule is Cc1[c-]n(C)c2c(C)[c-]nnc12.Cc1[c-]n(C)c2c(C)nncc12.Cc1[c-]n(C)c2n[c-]ncc12.Cc1[c-]ncc2c1n(C)c(=O)n2C.Cc1[c-]nnc2c1c(C)nn2C.Cc1nn(C)c2c(C)[c-]nnc12.Cc1nncc2c1c(C)nn2C.[W].[W].[W].[Y].[Y].[Y].[Y].[Y]. The van der Waals surface area contributed by atoms with E-state index in [1.807, 2.05) is 148 Å². The van der Waals surface area contributed by atoms with Gasteiger partial charge in [-0.3, -0.25) is 29.8 Å². The summed E-state index contributed by atoms with van der Waals surface area (Å²) in [4.78, 5) is 23.3. The molecule has 0 spiro atoms. The summed E-state index contributed by atoms with van der Waals surface area (Å²) >= 11 is 0. The Morgan fingerprint density at radius 3 is 1.47 bits per heavy atom. The third kappa shape index (κ3) is 20.1. The van der Waals surface area contributed by atoms with Gasteiger partial charge in [-0.15, -0.1) is 76.4 Å². The minimum atomic E-state index is -0.0282. The van der Waals surface area contributed by atoms with Crippen molar-refractivity contribution in [2.75, 3.05) is 0 Å². The van der Waals surface area contributed by atoms with Crippen LogP contribution < -0.4 is 5.69 Å². The molecule has 14 aromatic rings. The predicted octanol–water partition coefficient (Wildman–Crippen LogP) is 6.35. The first-order valence-corrected chi connectivity index (χ1v) is 26.3. The molecule has 0 fully saturated rings. The topological polar surface area (TPSA) is 263 Å². The second-order valence-corrected chi connectivity index (χ2v) is 20.1. The van der Waals surface area contributed by atoms with Crippen LogP contribution in [-0.2, 0) is 283 Å². The zero-order valence-corrected chi connectivity index (χ0v) is 78.1. The van der Waals surface area contributed by atoms with E-state index in [0.717, 1.165) is 144 Å². The predicted molar refractivity (Wildman–Crippen MR) is 318 cm³/mol. The molecule has 0 amide bonds. The van der Waals surface area contributed by atoms with Gasteiger partial charge in [-0.1, -0.05) is 77.4 Å². The third-order valence-corrected chi connectivity index (χ3v) is 13.9. The molecule has 0 aromatic carbocycles. The fourth-order valence-electron chi connectivity index (χ4n) is 10.0. The van der Waals surface area contributed by atoms with Crippen LogP contribution in [0.5, 0.6) is 0 Å². The van der Waals surface area contributed by atoms with Crippen molar-refractivity contribution in [1.29, 1.82) is 0 Å². The first-order valence-electron chi connectivity index (χ1n) is 26.3. The molecule has 5 radical (unpaired) electrons. The summed E-state index contributed by atoms with van der Waals surface area (Å²) in [5.41, 5.74) is 21.5. The summed E-state index contributed by atoms with van der Waals surface area (Å²) < 4.78 is 14.3. The summed E-state index contributed by atoms with van der Waals surface area (Å²) in [7, 11) is 15.0. The maximum Gasteiger partial charge on any atom is 0.315 e. The van der Waals surface area contributed by atoms with E-state index in [0.29, 0.717) is 0 Å². The van der Waals surface area contributed by atoms with Gasteiger partial charge in [-0.25, -0.2) is 4.79 Å². The van der Waals surface area contributed by atoms with E-state index in [4.69, 9.17) is 0 Å². The van der Waals surface area contributed by atoms with Crippen LogP contribution in [-0.4, -0.2) is 118 Å². The number of pyridine rings is 1. The van der Waals surface area contributed by atoms with Crippen LogP contribution in [0.15, 0.2) is 29.6 Å². The average Bonchev–Trinajstić information content (AvgIpc) is 1.69. The fraction of sp³-hybridized carbons (Fsp3) is 0.339. The van der Waals surface area contributed by atoms with Gasteiger partial charge < -0.3 is 42.5 Å². The van der Waals surface area contributed by atoms with Crippen LogP contribution in [0.25, 0.3) is 77.0 Å². The molecule has 0 bridgehead atoms. The van der Waals surface area contributed by atoms with Crippen molar-refractivity contribution in [2.45, 2.75) is 83.1 Å². The Balaban J connectivity index is 0.00000104. The van der Waals surface area contributed by atoms with Crippen LogP contribution in [0.4, 0.5) is 0 Å². The van der Waals surface area contributed by atoms with E-state index in [2.05, 4.69) is 131 Å². The number of aromatic nitrogens is 24. The Morgan fingerprint density at radius 2 is 0.880 bits per heavy atom. The van der Waals surface area contributed by atoms with Gasteiger partial charge >= 0.3 is 5.69 Å². The average molecular weight is 2120 g/mol. The van der Waals surface area contributed by atoms with Crippen molar-refractivity contribution in [2.24, 2.45) is 56.4 Å². The zero-order chi connectivity index (χ0) is 61.0. The Kier molecular flexibility index (Phi) is 38.7. The number of nitrogens with zero attached hydrogens (tertiary/aromatic N) is 24. The molecular formula is C59H64N24OW3Y5-8. The second-order valence-electron chi connectivity index (χ2n) is 20.1. The first-order chi connectivity index (χ1) is 39.9. The summed E-state index contributed by atoms with van der Waals surface area (Å²) in [6.07, 6.45) is 30.2. The molecule has 33 heteroatoms. The van der Waals surface area contributed by atoms with Crippen LogP contribution >= 0.6 is 0 Å². The Bertz CT molecular complexity index is 4250. The van der Waals surface area contributed by atoms with E-state index in [1.165, 1.54) is 0 Å². The van der Waals surface area contributed by atoms with Gasteiger partial charge in [-0.2, -0.15) is 73.5 Å². The molecule has 25 nitrogen and oxygen atoms in total. The summed E-state index contributed by atoms with van der Waals surface area (Å²) in [5, 5.41) is 56.1. The Labute approximate surface area is 703 Å². The summed E-state index contributed by atoms with van der Waals surface area (Å²) in [6, 6.07) is 0. The van der Waals surface area contributed by atoms with Crippen LogP contribution in [0, 0.1) is 133 Å². The minimum Gasteiger partial charge on any atom is -0.492 e. The molecule has 0 unspecified atom stereocenters. The van der Waals surface area contributed by atoms with Crippen molar-refractivity contribution in [3.8, 4) is 0 Å². The van der Waals surface area contributed by atoms with E-state index < -0.39 is 0 Å². The molecule has 0 aliphatic heterocycles. The van der Waals surface area contributed by atoms with Crippen molar-refractivity contribution < 1.29 is 227 Å². The van der Waals surface area contributed by atoms with Crippen LogP contribution in [0.1, 0.15) is 67.4 Å². The van der Waals surface area contributed by atoms with Crippen molar-refractivity contribution in [3.05, 3.63) is 152 Å². The number of rotatable bonds is 0. The fourth-order valence-corrected chi connectivity index (χ4v) is 10.0. The number of fused-ring (bicyclic) bond motifs is 7. The number of aryl methyl sites for hydroxylation is 20. The second kappa shape index (κ2) is 39.8. The van der Waals surface area contributed by atoms with Gasteiger partial charge in [0.2, 0.25) is 0 Å². The van der Waals surface area contributed by atoms with Gasteiger partial charge in [0.1, 0.15) is 0 Å². The molecule has 14 heterocycles. The first kappa shape index (κ1) is 89.5. The molecule has 92 heavy (non-hydrogen) atoms. The van der Waals surface area contributed by atoms with Crippen molar-refractivity contribution in [1.82, 2.24) is 118 Å². The van der Waals surface area contributed by atoms with Crippen LogP contribution in [0.3, 0.4) is 0 Å². The molecule has 0 N–H and O–H groups in total. The largest absolute Gasteiger partial charge is 0.492 e. The smallest absolute Gasteiger partial charge is 0.315 e. The molecule has 0 atom stereocenters. The maximum atomic E-state index is 11.5. The number of hydrogen-bond acceptors (Lipinski definition) is 17. The molecule has 0 saturated carbocycles. The molecule has 14 rings (SSSR count). The Hall–Kier alpha value is -2.49. The van der Waals surface area contributed by atoms with Gasteiger partial charge in [0.15, 0.2) is 0 Å². The van der Waals surface area contributed by atoms with E-state index in [9.17, 15) is 4.79 Å². The van der Waals surface area contributed by atoms with Gasteiger partial charge in [0.05, 0.1) is 40.0 Å². The van der Waals surface area contributed by atoms with Gasteiger partial charge in [0.25, 0.3) is 0 Å². The van der Waals surface area contributed by atoms with E-state index in [1.54, 1.807) is 52.7 Å². The summed E-state index contributed by atoms with van der Waals surface area (Å²) in [5.74, 6) is 0. The van der Waals surface area contributed by atoms with Crippen molar-refractivity contribution in [3.63, 3.8) is 0 Å².